The standard InChI is InChI=1S/C11H11ClN2O/c1-2-14-10-6-4-3-5-8(10)9(7-13-15)11(14)12/h3-7,15H,2H2,1H3/b13-7+. The highest BCUT2D eigenvalue weighted by atomic mass is 35.5. The second-order valence-electron chi connectivity index (χ2n) is 3.21. The number of hydrogen-bond donors (Lipinski definition) is 1. The van der Waals surface area contributed by atoms with Gasteiger partial charge in [0.15, 0.2) is 0 Å². The van der Waals surface area contributed by atoms with E-state index in [1.54, 1.807) is 0 Å². The van der Waals surface area contributed by atoms with Crippen molar-refractivity contribution in [1.82, 2.24) is 4.57 Å². The number of rotatable bonds is 2. The molecule has 0 radical (unpaired) electrons. The molecule has 78 valence electrons. The zero-order chi connectivity index (χ0) is 10.8. The van der Waals surface area contributed by atoms with E-state index in [0.717, 1.165) is 23.0 Å². The van der Waals surface area contributed by atoms with Crippen LogP contribution in [0.2, 0.25) is 5.15 Å². The van der Waals surface area contributed by atoms with Crippen LogP contribution in [-0.2, 0) is 6.54 Å². The van der Waals surface area contributed by atoms with E-state index in [-0.39, 0.29) is 0 Å². The number of aryl methyl sites for hydroxylation is 1. The van der Waals surface area contributed by atoms with Crippen LogP contribution in [0.25, 0.3) is 10.9 Å². The molecule has 0 saturated carbocycles. The third kappa shape index (κ3) is 1.49. The van der Waals surface area contributed by atoms with Gasteiger partial charge >= 0.3 is 0 Å². The predicted molar refractivity (Wildman–Crippen MR) is 62.0 cm³/mol. The molecule has 0 spiro atoms. The van der Waals surface area contributed by atoms with Crippen LogP contribution in [-0.4, -0.2) is 16.0 Å². The molecule has 1 heterocycles. The van der Waals surface area contributed by atoms with Gasteiger partial charge in [-0.2, -0.15) is 0 Å². The number of oxime groups is 1. The Kier molecular flexibility index (Phi) is 2.64. The number of hydrogen-bond acceptors (Lipinski definition) is 2. The summed E-state index contributed by atoms with van der Waals surface area (Å²) in [6, 6.07) is 7.86. The lowest BCUT2D eigenvalue weighted by Gasteiger charge is -2.01. The van der Waals surface area contributed by atoms with E-state index in [2.05, 4.69) is 5.16 Å². The average Bonchev–Trinajstić information content (AvgIpc) is 2.53. The smallest absolute Gasteiger partial charge is 0.118 e. The predicted octanol–water partition coefficient (Wildman–Crippen LogP) is 3.12. The van der Waals surface area contributed by atoms with Crippen molar-refractivity contribution in [2.45, 2.75) is 13.5 Å². The lowest BCUT2D eigenvalue weighted by Crippen LogP contribution is -1.93. The van der Waals surface area contributed by atoms with E-state index in [4.69, 9.17) is 16.8 Å². The van der Waals surface area contributed by atoms with Crippen LogP contribution < -0.4 is 0 Å². The Morgan fingerprint density at radius 1 is 1.47 bits per heavy atom. The fourth-order valence-electron chi connectivity index (χ4n) is 1.79. The van der Waals surface area contributed by atoms with Crippen LogP contribution in [0.1, 0.15) is 12.5 Å². The second-order valence-corrected chi connectivity index (χ2v) is 3.57. The van der Waals surface area contributed by atoms with E-state index in [0.29, 0.717) is 5.15 Å². The third-order valence-corrected chi connectivity index (χ3v) is 2.85. The molecule has 0 bridgehead atoms. The van der Waals surface area contributed by atoms with Gasteiger partial charge in [-0.3, -0.25) is 0 Å². The van der Waals surface area contributed by atoms with E-state index < -0.39 is 0 Å². The second kappa shape index (κ2) is 3.95. The van der Waals surface area contributed by atoms with E-state index in [1.807, 2.05) is 35.8 Å². The Hall–Kier alpha value is -1.48. The Labute approximate surface area is 92.6 Å². The number of nitrogens with zero attached hydrogens (tertiary/aromatic N) is 2. The van der Waals surface area contributed by atoms with Gasteiger partial charge in [-0.1, -0.05) is 35.0 Å². The van der Waals surface area contributed by atoms with Gasteiger partial charge in [0.05, 0.1) is 6.21 Å². The number of benzene rings is 1. The van der Waals surface area contributed by atoms with Gasteiger partial charge < -0.3 is 9.77 Å². The number of fused-ring (bicyclic) bond motifs is 1. The van der Waals surface area contributed by atoms with Gasteiger partial charge in [0.2, 0.25) is 0 Å². The van der Waals surface area contributed by atoms with Crippen LogP contribution in [0.5, 0.6) is 0 Å². The van der Waals surface area contributed by atoms with Crippen molar-refractivity contribution in [2.75, 3.05) is 0 Å². The first-order chi connectivity index (χ1) is 7.29. The summed E-state index contributed by atoms with van der Waals surface area (Å²) in [4.78, 5) is 0. The minimum Gasteiger partial charge on any atom is -0.411 e. The molecule has 4 heteroatoms. The summed E-state index contributed by atoms with van der Waals surface area (Å²) in [5, 5.41) is 13.2. The van der Waals surface area contributed by atoms with Gasteiger partial charge in [0.25, 0.3) is 0 Å². The van der Waals surface area contributed by atoms with Gasteiger partial charge in [-0.15, -0.1) is 0 Å². The molecule has 0 unspecified atom stereocenters. The Balaban J connectivity index is 2.84. The van der Waals surface area contributed by atoms with Gasteiger partial charge in [-0.25, -0.2) is 0 Å². The maximum Gasteiger partial charge on any atom is 0.118 e. The third-order valence-electron chi connectivity index (χ3n) is 2.45. The molecule has 0 aliphatic carbocycles. The fraction of sp³-hybridized carbons (Fsp3) is 0.182. The van der Waals surface area contributed by atoms with Gasteiger partial charge in [0.1, 0.15) is 5.15 Å². The summed E-state index contributed by atoms with van der Waals surface area (Å²) in [6.07, 6.45) is 1.37. The average molecular weight is 223 g/mol. The molecule has 0 atom stereocenters. The molecule has 0 aliphatic heterocycles. The van der Waals surface area contributed by atoms with Crippen molar-refractivity contribution in [3.05, 3.63) is 35.0 Å². The molecule has 1 aromatic heterocycles. The van der Waals surface area contributed by atoms with E-state index >= 15 is 0 Å². The van der Waals surface area contributed by atoms with E-state index in [1.165, 1.54) is 6.21 Å². The highest BCUT2D eigenvalue weighted by molar-refractivity contribution is 6.34. The minimum atomic E-state index is 0.608. The minimum absolute atomic E-state index is 0.608. The lowest BCUT2D eigenvalue weighted by atomic mass is 10.2. The zero-order valence-electron chi connectivity index (χ0n) is 8.31. The monoisotopic (exact) mass is 222 g/mol. The Morgan fingerprint density at radius 3 is 2.87 bits per heavy atom. The van der Waals surface area contributed by atoms with Crippen LogP contribution in [0, 0.1) is 0 Å². The van der Waals surface area contributed by atoms with Crippen LogP contribution in [0.3, 0.4) is 0 Å². The normalized spacial score (nSPS) is 11.6. The Morgan fingerprint density at radius 2 is 2.20 bits per heavy atom. The molecule has 2 aromatic rings. The highest BCUT2D eigenvalue weighted by Gasteiger charge is 2.12. The largest absolute Gasteiger partial charge is 0.411 e. The summed E-state index contributed by atoms with van der Waals surface area (Å²) >= 11 is 6.19. The van der Waals surface area contributed by atoms with Crippen molar-refractivity contribution >= 4 is 28.7 Å². The molecule has 0 fully saturated rings. The quantitative estimate of drug-likeness (QED) is 0.473. The summed E-state index contributed by atoms with van der Waals surface area (Å²) in [5.74, 6) is 0. The highest BCUT2D eigenvalue weighted by Crippen LogP contribution is 2.28. The van der Waals surface area contributed by atoms with Crippen LogP contribution >= 0.6 is 11.6 Å². The van der Waals surface area contributed by atoms with Crippen LogP contribution in [0.4, 0.5) is 0 Å². The van der Waals surface area contributed by atoms with Gasteiger partial charge in [-0.05, 0) is 13.0 Å². The molecule has 3 nitrogen and oxygen atoms in total. The Bertz CT molecular complexity index is 517. The molecule has 0 amide bonds. The van der Waals surface area contributed by atoms with Crippen molar-refractivity contribution in [1.29, 1.82) is 0 Å². The molecular formula is C11H11ClN2O. The number of para-hydroxylation sites is 1. The first kappa shape index (κ1) is 10.1. The molecule has 2 rings (SSSR count). The fourth-order valence-corrected chi connectivity index (χ4v) is 2.15. The van der Waals surface area contributed by atoms with Crippen molar-refractivity contribution in [3.8, 4) is 0 Å². The van der Waals surface area contributed by atoms with Crippen molar-refractivity contribution in [2.24, 2.45) is 5.16 Å². The summed E-state index contributed by atoms with van der Waals surface area (Å²) in [6.45, 7) is 2.82. The maximum absolute atomic E-state index is 8.59. The molecule has 0 aliphatic rings. The maximum atomic E-state index is 8.59. The molecular weight excluding hydrogens is 212 g/mol. The SMILES string of the molecule is CCn1c(Cl)c(/C=N/O)c2ccccc21. The molecule has 1 N–H and O–H groups in total. The summed E-state index contributed by atoms with van der Waals surface area (Å²) < 4.78 is 1.98. The molecule has 0 saturated heterocycles. The topological polar surface area (TPSA) is 37.5 Å². The van der Waals surface area contributed by atoms with E-state index in [9.17, 15) is 0 Å². The lowest BCUT2D eigenvalue weighted by molar-refractivity contribution is 0.322. The first-order valence-corrected chi connectivity index (χ1v) is 5.11. The molecule has 1 aromatic carbocycles. The summed E-state index contributed by atoms with van der Waals surface area (Å²) in [7, 11) is 0. The first-order valence-electron chi connectivity index (χ1n) is 4.73. The zero-order valence-corrected chi connectivity index (χ0v) is 9.07. The van der Waals surface area contributed by atoms with Gasteiger partial charge in [0, 0.05) is 23.0 Å². The number of halogens is 1. The van der Waals surface area contributed by atoms with Crippen molar-refractivity contribution in [3.63, 3.8) is 0 Å². The van der Waals surface area contributed by atoms with Crippen molar-refractivity contribution < 1.29 is 5.21 Å². The van der Waals surface area contributed by atoms with Crippen LogP contribution in [0.15, 0.2) is 29.4 Å². The summed E-state index contributed by atoms with van der Waals surface area (Å²) in [5.41, 5.74) is 1.82. The number of aromatic nitrogens is 1. The molecule has 15 heavy (non-hydrogen) atoms.